The van der Waals surface area contributed by atoms with Crippen LogP contribution in [0.15, 0.2) is 12.7 Å². The number of carbonyl (C=O) groups is 3. The van der Waals surface area contributed by atoms with Gasteiger partial charge in [0.2, 0.25) is 11.8 Å². The van der Waals surface area contributed by atoms with Crippen LogP contribution in [0.3, 0.4) is 0 Å². The number of hydrogen-bond acceptors (Lipinski definition) is 19. The molecular formula is C29H48N7O18P3S. The van der Waals surface area contributed by atoms with Crippen molar-refractivity contribution in [2.24, 2.45) is 5.41 Å². The Morgan fingerprint density at radius 2 is 1.72 bits per heavy atom. The van der Waals surface area contributed by atoms with Gasteiger partial charge in [0.15, 0.2) is 22.8 Å². The van der Waals surface area contributed by atoms with Crippen LogP contribution in [0, 0.1) is 5.41 Å². The molecule has 3 heterocycles. The number of thioether (sulfide) groups is 1. The molecule has 2 amide bonds. The van der Waals surface area contributed by atoms with Crippen LogP contribution in [0.1, 0.15) is 65.0 Å². The monoisotopic (exact) mass is 907 g/mol. The number of fused-ring (bicyclic) bond motifs is 1. The van der Waals surface area contributed by atoms with Gasteiger partial charge < -0.3 is 56.0 Å². The molecule has 2 aromatic heterocycles. The molecule has 7 atom stereocenters. The van der Waals surface area contributed by atoms with Crippen LogP contribution in [0.25, 0.3) is 11.2 Å². The number of nitrogens with one attached hydrogen (secondary N) is 2. The molecule has 0 aromatic carbocycles. The molecule has 4 rings (SSSR count). The van der Waals surface area contributed by atoms with Crippen LogP contribution in [-0.4, -0.2) is 133 Å². The number of aromatic nitrogens is 4. The van der Waals surface area contributed by atoms with Crippen LogP contribution in [0.2, 0.25) is 0 Å². The van der Waals surface area contributed by atoms with Gasteiger partial charge in [-0.1, -0.05) is 44.9 Å². The Hall–Kier alpha value is -2.48. The number of nitrogens with zero attached hydrogens (tertiary/aromatic N) is 4. The van der Waals surface area contributed by atoms with E-state index in [1.165, 1.54) is 13.8 Å². The highest BCUT2D eigenvalue weighted by atomic mass is 32.2. The summed E-state index contributed by atoms with van der Waals surface area (Å²) in [5.74, 6) is -1.21. The molecule has 1 saturated carbocycles. The first-order valence-corrected chi connectivity index (χ1v) is 23.2. The van der Waals surface area contributed by atoms with Gasteiger partial charge in [0.1, 0.15) is 36.3 Å². The number of amides is 2. The third-order valence-electron chi connectivity index (χ3n) is 9.02. The van der Waals surface area contributed by atoms with Gasteiger partial charge in [0.25, 0.3) is 0 Å². The Kier molecular flexibility index (Phi) is 16.6. The number of phosphoric acid groups is 3. The number of anilines is 1. The molecule has 29 heteroatoms. The maximum absolute atomic E-state index is 12.7. The van der Waals surface area contributed by atoms with E-state index in [9.17, 15) is 63.0 Å². The first-order chi connectivity index (χ1) is 26.9. The van der Waals surface area contributed by atoms with Crippen molar-refractivity contribution in [3.63, 3.8) is 0 Å². The van der Waals surface area contributed by atoms with Gasteiger partial charge in [-0.3, -0.25) is 32.5 Å². The topological polar surface area (TPSA) is 384 Å². The van der Waals surface area contributed by atoms with Crippen LogP contribution < -0.4 is 16.4 Å². The number of rotatable bonds is 21. The lowest BCUT2D eigenvalue weighted by molar-refractivity contribution is -0.137. The highest BCUT2D eigenvalue weighted by Gasteiger charge is 2.50. The average molecular weight is 908 g/mol. The predicted octanol–water partition coefficient (Wildman–Crippen LogP) is -0.250. The minimum Gasteiger partial charge on any atom is -0.389 e. The molecule has 328 valence electrons. The molecule has 1 aliphatic heterocycles. The summed E-state index contributed by atoms with van der Waals surface area (Å²) in [5.41, 5.74) is 3.27. The third kappa shape index (κ3) is 14.0. The van der Waals surface area contributed by atoms with Gasteiger partial charge >= 0.3 is 23.5 Å². The summed E-state index contributed by atoms with van der Waals surface area (Å²) in [6.45, 7) is 0.402. The summed E-state index contributed by atoms with van der Waals surface area (Å²) < 4.78 is 62.2. The largest absolute Gasteiger partial charge is 0.481 e. The quantitative estimate of drug-likeness (QED) is 0.0570. The van der Waals surface area contributed by atoms with Gasteiger partial charge in [-0.05, 0) is 12.8 Å². The number of aliphatic hydroxyl groups is 3. The Morgan fingerprint density at radius 3 is 2.40 bits per heavy atom. The van der Waals surface area contributed by atoms with E-state index >= 15 is 0 Å². The summed E-state index contributed by atoms with van der Waals surface area (Å²) in [6.07, 6.45) is -2.99. The number of ether oxygens (including phenoxy) is 1. The third-order valence-corrected chi connectivity index (χ3v) is 13.0. The fourth-order valence-electron chi connectivity index (χ4n) is 6.00. The average Bonchev–Trinajstić information content (AvgIpc) is 3.68. The predicted molar refractivity (Wildman–Crippen MR) is 200 cm³/mol. The molecule has 25 nitrogen and oxygen atoms in total. The van der Waals surface area contributed by atoms with Gasteiger partial charge in [-0.2, -0.15) is 4.31 Å². The lowest BCUT2D eigenvalue weighted by Crippen LogP contribution is -2.46. The van der Waals surface area contributed by atoms with Crippen LogP contribution in [0.5, 0.6) is 0 Å². The smallest absolute Gasteiger partial charge is 0.389 e. The summed E-state index contributed by atoms with van der Waals surface area (Å²) in [5, 5.41) is 36.7. The molecule has 2 fully saturated rings. The molecule has 1 aliphatic carbocycles. The standard InChI is InChI=1S/C29H48N7O18P3S/c1-28(2,23(40)26(41)32-9-6-18(37)31-10-11-58-19(38)12-29(42)7-4-3-5-8-29)14-51-57(48,49)54-56(46,47)50-13-17-22(53-55(43,44)45)21(39)27(52-17)36-16-35-20-24(30)33-15-34-25(20)36/h15-17,21-23,27,39-40,42H,3-14H2,1-2H3,(H,31,37)(H,32,41)(H,46,47)(H,48,49)(H2,30,33,34)(H2,43,44,45)/t17-,21-,22-,23?,27-/m1/s1. The van der Waals surface area contributed by atoms with Crippen molar-refractivity contribution in [1.29, 1.82) is 0 Å². The molecule has 0 bridgehead atoms. The highest BCUT2D eigenvalue weighted by molar-refractivity contribution is 8.13. The summed E-state index contributed by atoms with van der Waals surface area (Å²) in [6, 6.07) is 0. The van der Waals surface area contributed by atoms with E-state index in [1.807, 2.05) is 0 Å². The van der Waals surface area contributed by atoms with Gasteiger partial charge in [0, 0.05) is 37.1 Å². The molecule has 11 N–H and O–H groups in total. The molecule has 0 spiro atoms. The fraction of sp³-hybridized carbons (Fsp3) is 0.724. The molecule has 58 heavy (non-hydrogen) atoms. The number of nitrogens with two attached hydrogens (primary N) is 1. The molecular weight excluding hydrogens is 859 g/mol. The van der Waals surface area contributed by atoms with Crippen LogP contribution in [0.4, 0.5) is 5.82 Å². The first-order valence-electron chi connectivity index (χ1n) is 17.7. The van der Waals surface area contributed by atoms with E-state index in [0.29, 0.717) is 12.8 Å². The van der Waals surface area contributed by atoms with E-state index in [0.717, 1.165) is 48.2 Å². The molecule has 2 aromatic rings. The Bertz CT molecular complexity index is 1910. The highest BCUT2D eigenvalue weighted by Crippen LogP contribution is 2.61. The Morgan fingerprint density at radius 1 is 1.05 bits per heavy atom. The van der Waals surface area contributed by atoms with E-state index in [2.05, 4.69) is 34.4 Å². The van der Waals surface area contributed by atoms with Gasteiger partial charge in [0.05, 0.1) is 25.1 Å². The number of nitrogen functional groups attached to an aromatic ring is 1. The number of imidazole rings is 1. The second-order valence-electron chi connectivity index (χ2n) is 14.3. The molecule has 2 aliphatic rings. The van der Waals surface area contributed by atoms with Crippen molar-refractivity contribution < 1.29 is 85.6 Å². The van der Waals surface area contributed by atoms with Gasteiger partial charge in [-0.25, -0.2) is 28.6 Å². The van der Waals surface area contributed by atoms with Crippen LogP contribution in [-0.2, 0) is 50.7 Å². The zero-order valence-electron chi connectivity index (χ0n) is 31.3. The number of carbonyl (C=O) groups excluding carboxylic acids is 3. The maximum Gasteiger partial charge on any atom is 0.481 e. The second kappa shape index (κ2) is 19.9. The van der Waals surface area contributed by atoms with E-state index in [1.54, 1.807) is 0 Å². The summed E-state index contributed by atoms with van der Waals surface area (Å²) in [7, 11) is -16.4. The SMILES string of the molecule is CC(C)(COP(=O)(O)OP(=O)(O)OC[C@H]1O[C@@H](n2cnc3c(N)ncnc32)[C@H](O)[C@@H]1OP(=O)(O)O)C(O)C(=O)NCCC(=O)NCCSC(=O)CC1(O)CCCCC1. The molecule has 1 saturated heterocycles. The summed E-state index contributed by atoms with van der Waals surface area (Å²) >= 11 is 1.00. The Balaban J connectivity index is 1.21. The lowest BCUT2D eigenvalue weighted by Gasteiger charge is -2.31. The van der Waals surface area contributed by atoms with Crippen molar-refractivity contribution in [2.75, 3.05) is 37.8 Å². The second-order valence-corrected chi connectivity index (χ2v) is 19.6. The van der Waals surface area contributed by atoms with Crippen molar-refractivity contribution in [3.8, 4) is 0 Å². The maximum atomic E-state index is 12.7. The minimum absolute atomic E-state index is 0.0275. The number of phosphoric ester groups is 3. The van der Waals surface area contributed by atoms with Crippen molar-refractivity contribution in [3.05, 3.63) is 12.7 Å². The first kappa shape index (κ1) is 48.2. The van der Waals surface area contributed by atoms with Crippen LogP contribution >= 0.6 is 35.2 Å². The summed E-state index contributed by atoms with van der Waals surface area (Å²) in [4.78, 5) is 88.0. The van der Waals surface area contributed by atoms with Crippen molar-refractivity contribution in [1.82, 2.24) is 30.2 Å². The zero-order valence-corrected chi connectivity index (χ0v) is 34.8. The lowest BCUT2D eigenvalue weighted by atomic mass is 9.83. The van der Waals surface area contributed by atoms with Gasteiger partial charge in [-0.15, -0.1) is 0 Å². The minimum atomic E-state index is -5.58. The number of hydrogen-bond donors (Lipinski definition) is 10. The van der Waals surface area contributed by atoms with E-state index < -0.39 is 90.2 Å². The van der Waals surface area contributed by atoms with E-state index in [4.69, 9.17) is 19.5 Å². The Labute approximate surface area is 335 Å². The molecule has 0 radical (unpaired) electrons. The molecule has 3 unspecified atom stereocenters. The number of aliphatic hydroxyl groups excluding tert-OH is 2. The normalized spacial score (nSPS) is 23.8. The fourth-order valence-corrected chi connectivity index (χ4v) is 9.63. The van der Waals surface area contributed by atoms with Crippen molar-refractivity contribution in [2.45, 2.75) is 95.0 Å². The van der Waals surface area contributed by atoms with E-state index in [-0.39, 0.29) is 53.8 Å². The van der Waals surface area contributed by atoms with Crippen molar-refractivity contribution >= 4 is 69.1 Å². The zero-order chi connectivity index (χ0) is 43.1.